The molecule has 3 aromatic rings. The predicted octanol–water partition coefficient (Wildman–Crippen LogP) is 5.40. The van der Waals surface area contributed by atoms with Gasteiger partial charge in [-0.3, -0.25) is 4.68 Å². The fraction of sp³-hybridized carbons (Fsp3) is 0.312. The molecule has 2 aromatic heterocycles. The van der Waals surface area contributed by atoms with Crippen LogP contribution >= 0.6 is 15.9 Å². The third-order valence-electron chi connectivity index (χ3n) is 3.88. The summed E-state index contributed by atoms with van der Waals surface area (Å²) >= 11 is 3.35. The Bertz CT molecular complexity index is 989. The average molecular weight is 469 g/mol. The van der Waals surface area contributed by atoms with Gasteiger partial charge in [-0.1, -0.05) is 0 Å². The van der Waals surface area contributed by atoms with Gasteiger partial charge in [0.15, 0.2) is 0 Å². The molecule has 0 atom stereocenters. The van der Waals surface area contributed by atoms with Crippen molar-refractivity contribution in [2.75, 3.05) is 0 Å². The maximum atomic E-state index is 13.0. The van der Waals surface area contributed by atoms with Crippen molar-refractivity contribution < 1.29 is 30.8 Å². The Hall–Kier alpha value is -2.37. The van der Waals surface area contributed by atoms with Crippen LogP contribution in [-0.4, -0.2) is 20.0 Å². The molecule has 0 aliphatic rings. The number of alkyl halides is 6. The van der Waals surface area contributed by atoms with Gasteiger partial charge in [-0.2, -0.15) is 31.4 Å². The van der Waals surface area contributed by atoms with Crippen LogP contribution in [0.15, 0.2) is 27.1 Å². The van der Waals surface area contributed by atoms with E-state index in [2.05, 4.69) is 31.2 Å². The van der Waals surface area contributed by atoms with Gasteiger partial charge in [-0.25, -0.2) is 0 Å². The molecule has 0 aliphatic heterocycles. The highest BCUT2D eigenvalue weighted by atomic mass is 79.9. The number of halogens is 7. The highest BCUT2D eigenvalue weighted by Gasteiger charge is 2.37. The third-order valence-corrected chi connectivity index (χ3v) is 5.03. The average Bonchev–Trinajstić information content (AvgIpc) is 3.14. The number of aryl methyl sites for hydroxylation is 1. The lowest BCUT2D eigenvalue weighted by Gasteiger charge is -2.12. The Morgan fingerprint density at radius 2 is 1.54 bits per heavy atom. The molecule has 0 saturated heterocycles. The zero-order valence-corrected chi connectivity index (χ0v) is 15.9. The minimum absolute atomic E-state index is 0.0103. The lowest BCUT2D eigenvalue weighted by molar-refractivity contribution is -0.143. The minimum atomic E-state index is -4.96. The van der Waals surface area contributed by atoms with E-state index in [-0.39, 0.29) is 18.5 Å². The molecule has 0 amide bonds. The zero-order valence-electron chi connectivity index (χ0n) is 14.3. The number of rotatable bonds is 3. The minimum Gasteiger partial charge on any atom is -0.419 e. The first-order valence-electron chi connectivity index (χ1n) is 7.68. The molecular weight excluding hydrogens is 458 g/mol. The van der Waals surface area contributed by atoms with Gasteiger partial charge in [0, 0.05) is 5.56 Å². The Kier molecular flexibility index (Phi) is 5.02. The van der Waals surface area contributed by atoms with E-state index in [0.29, 0.717) is 17.8 Å². The smallest absolute Gasteiger partial charge is 0.416 e. The highest BCUT2D eigenvalue weighted by molar-refractivity contribution is 9.10. The fourth-order valence-corrected chi connectivity index (χ4v) is 2.75. The molecule has 12 heteroatoms. The summed E-state index contributed by atoms with van der Waals surface area (Å²) in [6.07, 6.45) is -9.93. The number of aromatic nitrogens is 4. The van der Waals surface area contributed by atoms with E-state index in [1.807, 2.05) is 0 Å². The summed E-state index contributed by atoms with van der Waals surface area (Å²) in [5.41, 5.74) is -1.95. The van der Waals surface area contributed by atoms with Crippen molar-refractivity contribution in [1.29, 1.82) is 0 Å². The normalized spacial score (nSPS) is 12.6. The molecule has 0 aliphatic carbocycles. The summed E-state index contributed by atoms with van der Waals surface area (Å²) in [6, 6.07) is 1.10. The van der Waals surface area contributed by atoms with Crippen molar-refractivity contribution in [3.05, 3.63) is 51.1 Å². The summed E-state index contributed by atoms with van der Waals surface area (Å²) in [6.45, 7) is 3.54. The largest absolute Gasteiger partial charge is 0.419 e. The molecular formula is C16H11BrF6N4O. The first kappa shape index (κ1) is 20.4. The predicted molar refractivity (Wildman–Crippen MR) is 88.2 cm³/mol. The van der Waals surface area contributed by atoms with Gasteiger partial charge in [-0.15, -0.1) is 10.2 Å². The molecule has 0 bridgehead atoms. The highest BCUT2D eigenvalue weighted by Crippen LogP contribution is 2.38. The van der Waals surface area contributed by atoms with Crippen LogP contribution in [0.5, 0.6) is 0 Å². The molecule has 0 radical (unpaired) electrons. The van der Waals surface area contributed by atoms with E-state index in [4.69, 9.17) is 4.42 Å². The van der Waals surface area contributed by atoms with E-state index >= 15 is 0 Å². The summed E-state index contributed by atoms with van der Waals surface area (Å²) in [7, 11) is 0. The summed E-state index contributed by atoms with van der Waals surface area (Å²) in [5.74, 6) is -0.466. The topological polar surface area (TPSA) is 56.7 Å². The van der Waals surface area contributed by atoms with E-state index < -0.39 is 34.9 Å². The van der Waals surface area contributed by atoms with Crippen molar-refractivity contribution in [2.45, 2.75) is 32.7 Å². The molecule has 28 heavy (non-hydrogen) atoms. The molecule has 150 valence electrons. The molecule has 0 spiro atoms. The molecule has 0 unspecified atom stereocenters. The Morgan fingerprint density at radius 3 is 2.00 bits per heavy atom. The van der Waals surface area contributed by atoms with Crippen molar-refractivity contribution in [2.24, 2.45) is 0 Å². The molecule has 1 aromatic carbocycles. The van der Waals surface area contributed by atoms with Crippen LogP contribution in [0.1, 0.15) is 28.4 Å². The molecule has 3 rings (SSSR count). The number of nitrogens with zero attached hydrogens (tertiary/aromatic N) is 4. The molecule has 0 fully saturated rings. The van der Waals surface area contributed by atoms with Crippen molar-refractivity contribution in [3.63, 3.8) is 0 Å². The molecule has 0 saturated carbocycles. The first-order valence-corrected chi connectivity index (χ1v) is 8.47. The Labute approximate surface area is 162 Å². The van der Waals surface area contributed by atoms with Crippen LogP contribution in [-0.2, 0) is 18.9 Å². The number of benzene rings is 1. The third kappa shape index (κ3) is 4.05. The van der Waals surface area contributed by atoms with Gasteiger partial charge < -0.3 is 4.42 Å². The number of hydrogen-bond acceptors (Lipinski definition) is 4. The monoisotopic (exact) mass is 468 g/mol. The Morgan fingerprint density at radius 1 is 0.964 bits per heavy atom. The fourth-order valence-electron chi connectivity index (χ4n) is 2.47. The van der Waals surface area contributed by atoms with E-state index in [9.17, 15) is 26.3 Å². The van der Waals surface area contributed by atoms with Crippen LogP contribution in [0.2, 0.25) is 0 Å². The van der Waals surface area contributed by atoms with Crippen molar-refractivity contribution in [1.82, 2.24) is 20.0 Å². The maximum Gasteiger partial charge on any atom is 0.416 e. The van der Waals surface area contributed by atoms with E-state index in [0.717, 1.165) is 10.2 Å². The van der Waals surface area contributed by atoms with E-state index in [1.165, 1.54) is 4.68 Å². The quantitative estimate of drug-likeness (QED) is 0.483. The van der Waals surface area contributed by atoms with Gasteiger partial charge in [0.05, 0.1) is 27.0 Å². The van der Waals surface area contributed by atoms with Crippen LogP contribution in [0.4, 0.5) is 26.3 Å². The maximum absolute atomic E-state index is 13.0. The van der Waals surface area contributed by atoms with Crippen LogP contribution in [0, 0.1) is 13.8 Å². The van der Waals surface area contributed by atoms with Gasteiger partial charge in [0.1, 0.15) is 6.54 Å². The van der Waals surface area contributed by atoms with Crippen molar-refractivity contribution >= 4 is 15.9 Å². The molecule has 5 nitrogen and oxygen atoms in total. The van der Waals surface area contributed by atoms with Crippen LogP contribution in [0.25, 0.3) is 11.5 Å². The first-order chi connectivity index (χ1) is 12.9. The van der Waals surface area contributed by atoms with Gasteiger partial charge in [-0.05, 0) is 48.0 Å². The van der Waals surface area contributed by atoms with Gasteiger partial charge >= 0.3 is 12.4 Å². The second kappa shape index (κ2) is 6.90. The van der Waals surface area contributed by atoms with Crippen molar-refractivity contribution in [3.8, 4) is 11.5 Å². The number of hydrogen-bond donors (Lipinski definition) is 0. The second-order valence-electron chi connectivity index (χ2n) is 5.94. The Balaban J connectivity index is 1.99. The lowest BCUT2D eigenvalue weighted by atomic mass is 10.0. The summed E-state index contributed by atoms with van der Waals surface area (Å²) < 4.78 is 85.4. The molecule has 0 N–H and O–H groups in total. The van der Waals surface area contributed by atoms with Gasteiger partial charge in [0.25, 0.3) is 0 Å². The summed E-state index contributed by atoms with van der Waals surface area (Å²) in [5, 5.41) is 11.5. The van der Waals surface area contributed by atoms with Crippen LogP contribution < -0.4 is 0 Å². The lowest BCUT2D eigenvalue weighted by Crippen LogP contribution is -2.11. The summed E-state index contributed by atoms with van der Waals surface area (Å²) in [4.78, 5) is 0. The second-order valence-corrected chi connectivity index (χ2v) is 6.73. The van der Waals surface area contributed by atoms with Gasteiger partial charge in [0.2, 0.25) is 11.8 Å². The van der Waals surface area contributed by atoms with Crippen LogP contribution in [0.3, 0.4) is 0 Å². The SMILES string of the molecule is Cc1nn(Cc2nnc(-c3cc(C(F)(F)F)cc(C(F)(F)F)c3)o2)c(C)c1Br. The van der Waals surface area contributed by atoms with E-state index in [1.54, 1.807) is 13.8 Å². The molecule has 2 heterocycles. The standard InChI is InChI=1S/C16H11BrF6N4O/c1-7-13(17)8(2)27(26-7)6-12-24-25-14(28-12)9-3-10(15(18,19)20)5-11(4-9)16(21,22)23/h3-5H,6H2,1-2H3. The zero-order chi connectivity index (χ0) is 20.9.